The number of amides is 2. The van der Waals surface area contributed by atoms with Crippen LogP contribution in [-0.4, -0.2) is 47.9 Å². The summed E-state index contributed by atoms with van der Waals surface area (Å²) in [6.45, 7) is 9.20. The van der Waals surface area contributed by atoms with Crippen molar-refractivity contribution in [1.82, 2.24) is 15.5 Å². The SMILES string of the molecule is CCC[C@@H]1CNCC[C@@]1(C(C)C)N1CC[C@H](NC(=O)c2ccc(-c3ccc(Cl)cc3)o2)C1=O. The molecule has 4 rings (SSSR count). The highest BCUT2D eigenvalue weighted by Gasteiger charge is 2.52. The Morgan fingerprint density at radius 2 is 2.03 bits per heavy atom. The van der Waals surface area contributed by atoms with Gasteiger partial charge in [0.15, 0.2) is 5.76 Å². The van der Waals surface area contributed by atoms with Gasteiger partial charge in [-0.1, -0.05) is 38.8 Å². The molecule has 6 nitrogen and oxygen atoms in total. The van der Waals surface area contributed by atoms with E-state index < -0.39 is 6.04 Å². The van der Waals surface area contributed by atoms with Gasteiger partial charge in [0.1, 0.15) is 11.8 Å². The van der Waals surface area contributed by atoms with Crippen LogP contribution in [0.25, 0.3) is 11.3 Å². The molecule has 2 aromatic rings. The monoisotopic (exact) mass is 471 g/mol. The lowest BCUT2D eigenvalue weighted by Crippen LogP contribution is -2.64. The van der Waals surface area contributed by atoms with Crippen molar-refractivity contribution >= 4 is 23.4 Å². The standard InChI is InChI=1S/C26H34ClN3O3/c1-4-5-19-16-28-14-13-26(19,17(2)3)30-15-12-21(25(30)32)29-24(31)23-11-10-22(33-23)18-6-8-20(27)9-7-18/h6-11,17,19,21,28H,4-5,12-16H2,1-3H3,(H,29,31)/t19-,21+,26+/m1/s1. The molecule has 0 saturated carbocycles. The van der Waals surface area contributed by atoms with Crippen molar-refractivity contribution in [1.29, 1.82) is 0 Å². The number of likely N-dealkylation sites (tertiary alicyclic amines) is 1. The van der Waals surface area contributed by atoms with Crippen molar-refractivity contribution in [3.05, 3.63) is 47.2 Å². The van der Waals surface area contributed by atoms with Crippen LogP contribution in [0.15, 0.2) is 40.8 Å². The lowest BCUT2D eigenvalue weighted by atomic mass is 9.68. The normalized spacial score (nSPS) is 25.6. The first-order valence-corrected chi connectivity index (χ1v) is 12.4. The number of nitrogens with zero attached hydrogens (tertiary/aromatic N) is 1. The summed E-state index contributed by atoms with van der Waals surface area (Å²) in [5, 5.41) is 7.09. The Labute approximate surface area is 201 Å². The third-order valence-electron chi connectivity index (χ3n) is 7.41. The molecule has 2 amide bonds. The molecule has 0 bridgehead atoms. The minimum Gasteiger partial charge on any atom is -0.451 e. The van der Waals surface area contributed by atoms with Crippen molar-refractivity contribution in [2.75, 3.05) is 19.6 Å². The minimum atomic E-state index is -0.519. The zero-order chi connectivity index (χ0) is 23.6. The lowest BCUT2D eigenvalue weighted by molar-refractivity contribution is -0.141. The smallest absolute Gasteiger partial charge is 0.287 e. The third kappa shape index (κ3) is 4.56. The summed E-state index contributed by atoms with van der Waals surface area (Å²) in [6, 6.07) is 10.1. The van der Waals surface area contributed by atoms with Crippen molar-refractivity contribution in [3.63, 3.8) is 0 Å². The van der Waals surface area contributed by atoms with E-state index in [2.05, 4.69) is 36.3 Å². The number of rotatable bonds is 7. The Balaban J connectivity index is 1.48. The summed E-state index contributed by atoms with van der Waals surface area (Å²) in [5.41, 5.74) is 0.679. The van der Waals surface area contributed by atoms with Crippen molar-refractivity contribution in [2.45, 2.75) is 58.0 Å². The van der Waals surface area contributed by atoms with Crippen molar-refractivity contribution < 1.29 is 14.0 Å². The summed E-state index contributed by atoms with van der Waals surface area (Å²) in [5.74, 6) is 1.24. The Bertz CT molecular complexity index is 985. The summed E-state index contributed by atoms with van der Waals surface area (Å²) >= 11 is 5.95. The van der Waals surface area contributed by atoms with Crippen LogP contribution in [0, 0.1) is 11.8 Å². The molecule has 1 aromatic heterocycles. The molecule has 0 aliphatic carbocycles. The first-order valence-electron chi connectivity index (χ1n) is 12.1. The Morgan fingerprint density at radius 3 is 2.73 bits per heavy atom. The van der Waals surface area contributed by atoms with E-state index in [0.717, 1.165) is 37.9 Å². The van der Waals surface area contributed by atoms with Crippen LogP contribution < -0.4 is 10.6 Å². The van der Waals surface area contributed by atoms with Gasteiger partial charge in [0, 0.05) is 23.7 Å². The molecule has 3 atom stereocenters. The predicted octanol–water partition coefficient (Wildman–Crippen LogP) is 4.74. The van der Waals surface area contributed by atoms with Crippen LogP contribution in [0.3, 0.4) is 0 Å². The van der Waals surface area contributed by atoms with Crippen molar-refractivity contribution in [3.8, 4) is 11.3 Å². The van der Waals surface area contributed by atoms with Gasteiger partial charge in [0.05, 0.1) is 5.54 Å². The second-order valence-electron chi connectivity index (χ2n) is 9.56. The second kappa shape index (κ2) is 9.90. The van der Waals surface area contributed by atoms with E-state index in [4.69, 9.17) is 16.0 Å². The molecule has 2 aliphatic rings. The molecular weight excluding hydrogens is 438 g/mol. The van der Waals surface area contributed by atoms with Crippen LogP contribution in [0.2, 0.25) is 5.02 Å². The Hall–Kier alpha value is -2.31. The molecule has 7 heteroatoms. The summed E-state index contributed by atoms with van der Waals surface area (Å²) in [4.78, 5) is 28.5. The fourth-order valence-corrected chi connectivity index (χ4v) is 5.89. The van der Waals surface area contributed by atoms with Crippen molar-refractivity contribution in [2.24, 2.45) is 11.8 Å². The molecule has 33 heavy (non-hydrogen) atoms. The molecule has 2 aliphatic heterocycles. The van der Waals surface area contributed by atoms with E-state index in [1.807, 2.05) is 12.1 Å². The van der Waals surface area contributed by atoms with Crippen LogP contribution >= 0.6 is 11.6 Å². The van der Waals surface area contributed by atoms with Gasteiger partial charge in [-0.2, -0.15) is 0 Å². The van der Waals surface area contributed by atoms with Gasteiger partial charge in [0.2, 0.25) is 5.91 Å². The minimum absolute atomic E-state index is 0.0320. The lowest BCUT2D eigenvalue weighted by Gasteiger charge is -2.53. The molecule has 178 valence electrons. The molecular formula is C26H34ClN3O3. The first-order chi connectivity index (χ1) is 15.9. The molecule has 0 radical (unpaired) electrons. The predicted molar refractivity (Wildman–Crippen MR) is 130 cm³/mol. The van der Waals surface area contributed by atoms with E-state index in [0.29, 0.717) is 35.6 Å². The molecule has 0 unspecified atom stereocenters. The number of carbonyl (C=O) groups is 2. The number of hydrogen-bond acceptors (Lipinski definition) is 4. The van der Waals surface area contributed by atoms with E-state index in [9.17, 15) is 9.59 Å². The number of halogens is 1. The van der Waals surface area contributed by atoms with Crippen LogP contribution in [0.5, 0.6) is 0 Å². The highest BCUT2D eigenvalue weighted by molar-refractivity contribution is 6.30. The maximum Gasteiger partial charge on any atom is 0.287 e. The quantitative estimate of drug-likeness (QED) is 0.611. The van der Waals surface area contributed by atoms with Crippen LogP contribution in [0.4, 0.5) is 0 Å². The number of furan rings is 1. The average molecular weight is 472 g/mol. The third-order valence-corrected chi connectivity index (χ3v) is 7.66. The fraction of sp³-hybridized carbons (Fsp3) is 0.538. The Morgan fingerprint density at radius 1 is 1.27 bits per heavy atom. The molecule has 0 spiro atoms. The van der Waals surface area contributed by atoms with Crippen LogP contribution in [0.1, 0.15) is 57.0 Å². The number of benzene rings is 1. The van der Waals surface area contributed by atoms with E-state index in [1.165, 1.54) is 0 Å². The largest absolute Gasteiger partial charge is 0.451 e. The first kappa shape index (κ1) is 23.8. The van der Waals surface area contributed by atoms with Gasteiger partial charge >= 0.3 is 0 Å². The number of carbonyl (C=O) groups excluding carboxylic acids is 2. The Kier molecular flexibility index (Phi) is 7.15. The molecule has 2 N–H and O–H groups in total. The van der Waals surface area contributed by atoms with Gasteiger partial charge in [-0.25, -0.2) is 0 Å². The maximum atomic E-state index is 13.5. The zero-order valence-corrected chi connectivity index (χ0v) is 20.5. The summed E-state index contributed by atoms with van der Waals surface area (Å²) < 4.78 is 5.78. The molecule has 2 saturated heterocycles. The van der Waals surface area contributed by atoms with Gasteiger partial charge < -0.3 is 20.0 Å². The van der Waals surface area contributed by atoms with Gasteiger partial charge in [-0.3, -0.25) is 9.59 Å². The van der Waals surface area contributed by atoms with E-state index in [1.54, 1.807) is 24.3 Å². The highest BCUT2D eigenvalue weighted by Crippen LogP contribution is 2.42. The fourth-order valence-electron chi connectivity index (χ4n) is 5.76. The molecule has 2 fully saturated rings. The summed E-state index contributed by atoms with van der Waals surface area (Å²) in [7, 11) is 0. The van der Waals surface area contributed by atoms with Gasteiger partial charge in [0.25, 0.3) is 5.91 Å². The second-order valence-corrected chi connectivity index (χ2v) is 10.00. The number of hydrogen-bond donors (Lipinski definition) is 2. The van der Waals surface area contributed by atoms with E-state index in [-0.39, 0.29) is 23.1 Å². The number of piperidine rings is 1. The highest BCUT2D eigenvalue weighted by atomic mass is 35.5. The van der Waals surface area contributed by atoms with Gasteiger partial charge in [-0.05, 0) is 74.0 Å². The zero-order valence-electron chi connectivity index (χ0n) is 19.7. The number of nitrogens with one attached hydrogen (secondary N) is 2. The maximum absolute atomic E-state index is 13.5. The summed E-state index contributed by atoms with van der Waals surface area (Å²) in [6.07, 6.45) is 3.75. The molecule has 3 heterocycles. The van der Waals surface area contributed by atoms with Crippen LogP contribution in [-0.2, 0) is 4.79 Å². The average Bonchev–Trinajstić information content (AvgIpc) is 3.43. The molecule has 1 aromatic carbocycles. The van der Waals surface area contributed by atoms with Gasteiger partial charge in [-0.15, -0.1) is 0 Å². The van der Waals surface area contributed by atoms with E-state index >= 15 is 0 Å². The topological polar surface area (TPSA) is 74.6 Å².